The third-order valence-electron chi connectivity index (χ3n) is 3.85. The minimum absolute atomic E-state index is 0.262. The maximum atomic E-state index is 12.3. The van der Waals surface area contributed by atoms with Crippen molar-refractivity contribution in [2.24, 2.45) is 4.99 Å². The molecule has 2 aromatic carbocycles. The van der Waals surface area contributed by atoms with Gasteiger partial charge >= 0.3 is 5.97 Å². The minimum Gasteiger partial charge on any atom is -0.493 e. The fourth-order valence-electron chi connectivity index (χ4n) is 2.38. The number of carbonyl (C=O) groups excluding carboxylic acids is 1. The van der Waals surface area contributed by atoms with Crippen LogP contribution in [0.2, 0.25) is 5.02 Å². The Hall–Kier alpha value is -2.97. The second-order valence-electron chi connectivity index (χ2n) is 5.97. The summed E-state index contributed by atoms with van der Waals surface area (Å²) in [6.07, 6.45) is 0.674. The monoisotopic (exact) mass is 432 g/mol. The number of halogens is 1. The number of carboxylic acids is 1. The smallest absolute Gasteiger partial charge is 0.344 e. The van der Waals surface area contributed by atoms with Crippen LogP contribution in [0.3, 0.4) is 0 Å². The molecule has 0 aliphatic carbocycles. The van der Waals surface area contributed by atoms with E-state index in [1.54, 1.807) is 48.5 Å². The van der Waals surface area contributed by atoms with Crippen molar-refractivity contribution in [3.8, 4) is 11.5 Å². The van der Waals surface area contributed by atoms with E-state index in [1.807, 2.05) is 0 Å². The van der Waals surface area contributed by atoms with Crippen molar-refractivity contribution in [1.29, 1.82) is 0 Å². The molecule has 9 heteroatoms. The first kappa shape index (κ1) is 20.8. The highest BCUT2D eigenvalue weighted by Crippen LogP contribution is 2.32. The molecule has 1 aliphatic heterocycles. The number of methoxy groups -OCH3 is 1. The first-order valence-corrected chi connectivity index (χ1v) is 9.68. The van der Waals surface area contributed by atoms with Crippen LogP contribution in [0, 0.1) is 0 Å². The van der Waals surface area contributed by atoms with Crippen LogP contribution in [0.1, 0.15) is 12.5 Å². The number of ether oxygens (including phenoxy) is 2. The van der Waals surface area contributed by atoms with Crippen LogP contribution in [-0.4, -0.2) is 35.4 Å². The first-order valence-electron chi connectivity index (χ1n) is 8.48. The maximum Gasteiger partial charge on any atom is 0.344 e. The number of nitrogens with zero attached hydrogens (tertiary/aromatic N) is 1. The van der Waals surface area contributed by atoms with Crippen LogP contribution in [0.4, 0.5) is 5.69 Å². The molecule has 150 valence electrons. The van der Waals surface area contributed by atoms with Crippen LogP contribution in [-0.2, 0) is 9.59 Å². The Morgan fingerprint density at radius 1 is 1.24 bits per heavy atom. The van der Waals surface area contributed by atoms with Crippen LogP contribution < -0.4 is 14.8 Å². The summed E-state index contributed by atoms with van der Waals surface area (Å²) in [6.45, 7) is 1.43. The Morgan fingerprint density at radius 3 is 2.62 bits per heavy atom. The summed E-state index contributed by atoms with van der Waals surface area (Å²) in [5.74, 6) is -0.671. The van der Waals surface area contributed by atoms with E-state index in [4.69, 9.17) is 26.2 Å². The highest BCUT2D eigenvalue weighted by Gasteiger charge is 2.24. The van der Waals surface area contributed by atoms with Crippen molar-refractivity contribution >= 4 is 52.2 Å². The lowest BCUT2D eigenvalue weighted by atomic mass is 10.2. The van der Waals surface area contributed by atoms with Crippen LogP contribution in [0.25, 0.3) is 6.08 Å². The van der Waals surface area contributed by atoms with Gasteiger partial charge in [0.2, 0.25) is 0 Å². The van der Waals surface area contributed by atoms with E-state index in [2.05, 4.69) is 10.3 Å². The number of carboxylic acid groups (broad SMARTS) is 1. The molecule has 2 N–H and O–H groups in total. The number of aliphatic imine (C=N–C) groups is 1. The minimum atomic E-state index is -1.08. The average Bonchev–Trinajstić information content (AvgIpc) is 3.03. The van der Waals surface area contributed by atoms with Crippen molar-refractivity contribution < 1.29 is 24.2 Å². The standard InChI is InChI=1S/C20H17ClN2O5S/c1-11(19(25)26)28-15-8-3-12(9-16(15)27-2)10-17-18(24)23-20(29-17)22-14-6-4-13(21)5-7-14/h3-11H,1-2H3,(H,25,26)(H,22,23,24)/b17-10+. The molecule has 1 fully saturated rings. The number of hydrogen-bond acceptors (Lipinski definition) is 6. The molecule has 1 heterocycles. The lowest BCUT2D eigenvalue weighted by molar-refractivity contribution is -0.144. The SMILES string of the molecule is COc1cc(/C=C2/SC(=Nc3ccc(Cl)cc3)NC2=O)ccc1OC(C)C(=O)O. The summed E-state index contributed by atoms with van der Waals surface area (Å²) in [6, 6.07) is 11.9. The lowest BCUT2D eigenvalue weighted by Crippen LogP contribution is -2.23. The largest absolute Gasteiger partial charge is 0.493 e. The van der Waals surface area contributed by atoms with Crippen molar-refractivity contribution in [3.05, 3.63) is 58.0 Å². The number of amidine groups is 1. The topological polar surface area (TPSA) is 97.2 Å². The molecule has 1 atom stereocenters. The Balaban J connectivity index is 1.79. The third-order valence-corrected chi connectivity index (χ3v) is 5.01. The highest BCUT2D eigenvalue weighted by molar-refractivity contribution is 8.18. The van der Waals surface area contributed by atoms with Gasteiger partial charge in [0.05, 0.1) is 17.7 Å². The van der Waals surface area contributed by atoms with E-state index in [-0.39, 0.29) is 5.91 Å². The fourth-order valence-corrected chi connectivity index (χ4v) is 3.34. The number of rotatable bonds is 6. The Bertz CT molecular complexity index is 1000. The van der Waals surface area contributed by atoms with Crippen LogP contribution in [0.5, 0.6) is 11.5 Å². The van der Waals surface area contributed by atoms with Gasteiger partial charge in [-0.15, -0.1) is 0 Å². The fraction of sp³-hybridized carbons (Fsp3) is 0.150. The number of hydrogen-bond donors (Lipinski definition) is 2. The van der Waals surface area contributed by atoms with Gasteiger partial charge in [0.1, 0.15) is 0 Å². The van der Waals surface area contributed by atoms with E-state index in [1.165, 1.54) is 25.8 Å². The highest BCUT2D eigenvalue weighted by atomic mass is 35.5. The number of nitrogens with one attached hydrogen (secondary N) is 1. The number of amides is 1. The van der Waals surface area contributed by atoms with Gasteiger partial charge in [0.15, 0.2) is 22.8 Å². The Morgan fingerprint density at radius 2 is 1.97 bits per heavy atom. The predicted octanol–water partition coefficient (Wildman–Crippen LogP) is 4.09. The molecule has 0 radical (unpaired) electrons. The summed E-state index contributed by atoms with van der Waals surface area (Å²) >= 11 is 7.08. The molecule has 0 saturated carbocycles. The van der Waals surface area contributed by atoms with Gasteiger partial charge in [0.25, 0.3) is 5.91 Å². The van der Waals surface area contributed by atoms with Crippen LogP contribution >= 0.6 is 23.4 Å². The van der Waals surface area contributed by atoms with E-state index >= 15 is 0 Å². The number of carbonyl (C=O) groups is 2. The molecular weight excluding hydrogens is 416 g/mol. The van der Waals surface area contributed by atoms with Gasteiger partial charge < -0.3 is 19.9 Å². The van der Waals surface area contributed by atoms with E-state index < -0.39 is 12.1 Å². The van der Waals surface area contributed by atoms with Gasteiger partial charge in [0, 0.05) is 5.02 Å². The van der Waals surface area contributed by atoms with E-state index in [9.17, 15) is 9.59 Å². The zero-order valence-electron chi connectivity index (χ0n) is 15.5. The lowest BCUT2D eigenvalue weighted by Gasteiger charge is -2.14. The van der Waals surface area contributed by atoms with Gasteiger partial charge in [-0.25, -0.2) is 9.79 Å². The number of benzene rings is 2. The Kier molecular flexibility index (Phi) is 6.46. The molecule has 1 aliphatic rings. The van der Waals surface area contributed by atoms with Crippen LogP contribution in [0.15, 0.2) is 52.4 Å². The van der Waals surface area contributed by atoms with Crippen molar-refractivity contribution in [2.75, 3.05) is 7.11 Å². The quantitative estimate of drug-likeness (QED) is 0.667. The number of thioether (sulfide) groups is 1. The molecule has 0 spiro atoms. The molecule has 7 nitrogen and oxygen atoms in total. The van der Waals surface area contributed by atoms with Gasteiger partial charge in [-0.3, -0.25) is 4.79 Å². The summed E-state index contributed by atoms with van der Waals surface area (Å²) in [5, 5.41) is 12.8. The molecule has 0 aromatic heterocycles. The normalized spacial score (nSPS) is 17.3. The second-order valence-corrected chi connectivity index (χ2v) is 7.43. The zero-order chi connectivity index (χ0) is 21.0. The van der Waals surface area contributed by atoms with Crippen molar-refractivity contribution in [3.63, 3.8) is 0 Å². The second kappa shape index (κ2) is 9.02. The van der Waals surface area contributed by atoms with E-state index in [0.717, 1.165) is 0 Å². The third kappa shape index (κ3) is 5.30. The van der Waals surface area contributed by atoms with E-state index in [0.29, 0.717) is 37.8 Å². The van der Waals surface area contributed by atoms with Gasteiger partial charge in [-0.2, -0.15) is 0 Å². The molecule has 1 saturated heterocycles. The van der Waals surface area contributed by atoms with Crippen molar-refractivity contribution in [2.45, 2.75) is 13.0 Å². The summed E-state index contributed by atoms with van der Waals surface area (Å²) < 4.78 is 10.7. The molecule has 0 bridgehead atoms. The maximum absolute atomic E-state index is 12.3. The summed E-state index contributed by atoms with van der Waals surface area (Å²) in [5.41, 5.74) is 1.37. The molecule has 3 rings (SSSR count). The first-order chi connectivity index (χ1) is 13.9. The molecule has 1 unspecified atom stereocenters. The summed E-state index contributed by atoms with van der Waals surface area (Å²) in [4.78, 5) is 28.1. The Labute approximate surface area is 176 Å². The molecule has 29 heavy (non-hydrogen) atoms. The predicted molar refractivity (Wildman–Crippen MR) is 113 cm³/mol. The van der Waals surface area contributed by atoms with Gasteiger partial charge in [-0.05, 0) is 66.7 Å². The summed E-state index contributed by atoms with van der Waals surface area (Å²) in [7, 11) is 1.46. The average molecular weight is 433 g/mol. The molecule has 2 aromatic rings. The van der Waals surface area contributed by atoms with Gasteiger partial charge in [-0.1, -0.05) is 17.7 Å². The molecular formula is C20H17ClN2O5S. The zero-order valence-corrected chi connectivity index (χ0v) is 17.1. The molecule has 1 amide bonds. The van der Waals surface area contributed by atoms with Crippen molar-refractivity contribution in [1.82, 2.24) is 5.32 Å². The number of aliphatic carboxylic acids is 1.